The number of hydrogen-bond donors (Lipinski definition) is 0. The maximum Gasteiger partial charge on any atom is -1.00 e. The number of benzene rings is 2. The molecule has 0 spiro atoms. The van der Waals surface area contributed by atoms with Crippen LogP contribution in [0, 0.1) is 13.8 Å². The van der Waals surface area contributed by atoms with Crippen molar-refractivity contribution in [3.05, 3.63) is 59.7 Å². The monoisotopic (exact) mass is 420 g/mol. The molecule has 0 saturated carbocycles. The van der Waals surface area contributed by atoms with E-state index in [0.29, 0.717) is 0 Å². The second kappa shape index (κ2) is 9.59. The van der Waals surface area contributed by atoms with Gasteiger partial charge in [-0.2, -0.15) is 0 Å². The third-order valence-electron chi connectivity index (χ3n) is 2.49. The summed E-state index contributed by atoms with van der Waals surface area (Å²) in [6.07, 6.45) is 0. The Hall–Kier alpha value is -0.286. The van der Waals surface area contributed by atoms with Crippen LogP contribution in [0.4, 0.5) is 0 Å². The minimum absolute atomic E-state index is 0. The molecule has 0 radical (unpaired) electrons. The summed E-state index contributed by atoms with van der Waals surface area (Å²) >= 11 is -0.902. The number of rotatable bonds is 4. The topological polar surface area (TPSA) is 18.5 Å². The fraction of sp³-hybridized carbons (Fsp3) is 0.143. The first-order valence-electron chi connectivity index (χ1n) is 5.47. The standard InChI is InChI=1S/2C7H8O.2BrH.Ti/c2*1-6-4-2-3-5-7(6)8;;;/h2*2-5,8H,1H3;2*1H;/q;;;;+4/p-4. The third-order valence-corrected chi connectivity index (χ3v) is 3.44. The summed E-state index contributed by atoms with van der Waals surface area (Å²) < 4.78 is 11.4. The Kier molecular flexibility index (Phi) is 9.45. The number of aryl methyl sites for hydroxylation is 2. The first-order valence-corrected chi connectivity index (χ1v) is 6.75. The van der Waals surface area contributed by atoms with Crippen molar-refractivity contribution in [2.75, 3.05) is 0 Å². The molecule has 0 aliphatic rings. The molecule has 0 fully saturated rings. The van der Waals surface area contributed by atoms with Crippen LogP contribution in [0.5, 0.6) is 11.5 Å². The Labute approximate surface area is 144 Å². The minimum atomic E-state index is -0.902. The van der Waals surface area contributed by atoms with Gasteiger partial charge in [0.1, 0.15) is 0 Å². The van der Waals surface area contributed by atoms with Gasteiger partial charge in [-0.25, -0.2) is 0 Å². The molecule has 0 atom stereocenters. The van der Waals surface area contributed by atoms with Crippen LogP contribution in [-0.4, -0.2) is 0 Å². The molecular weight excluding hydrogens is 408 g/mol. The van der Waals surface area contributed by atoms with Crippen molar-refractivity contribution in [1.29, 1.82) is 0 Å². The van der Waals surface area contributed by atoms with E-state index in [4.69, 9.17) is 6.64 Å². The molecule has 2 aromatic rings. The molecule has 0 heterocycles. The zero-order valence-electron chi connectivity index (χ0n) is 10.7. The molecule has 0 aliphatic carbocycles. The summed E-state index contributed by atoms with van der Waals surface area (Å²) in [5, 5.41) is 0. The van der Waals surface area contributed by atoms with Crippen molar-refractivity contribution >= 4 is 0 Å². The van der Waals surface area contributed by atoms with Gasteiger partial charge in [0.15, 0.2) is 0 Å². The van der Waals surface area contributed by atoms with Crippen LogP contribution < -0.4 is 40.6 Å². The van der Waals surface area contributed by atoms with Crippen molar-refractivity contribution in [2.24, 2.45) is 0 Å². The number of hydrogen-bond acceptors (Lipinski definition) is 2. The van der Waals surface area contributed by atoms with E-state index < -0.39 is 19.9 Å². The van der Waals surface area contributed by atoms with E-state index in [9.17, 15) is 0 Å². The van der Waals surface area contributed by atoms with Crippen molar-refractivity contribution in [2.45, 2.75) is 13.8 Å². The molecule has 2 rings (SSSR count). The quantitative estimate of drug-likeness (QED) is 0.516. The number of halogens is 2. The van der Waals surface area contributed by atoms with E-state index in [1.54, 1.807) is 0 Å². The molecule has 0 amide bonds. The smallest absolute Gasteiger partial charge is 1.00 e. The molecule has 0 bridgehead atoms. The average molecular weight is 422 g/mol. The summed E-state index contributed by atoms with van der Waals surface area (Å²) in [4.78, 5) is 0. The summed E-state index contributed by atoms with van der Waals surface area (Å²) in [6.45, 7) is 4.07. The van der Waals surface area contributed by atoms with Gasteiger partial charge in [-0.05, 0) is 0 Å². The summed E-state index contributed by atoms with van der Waals surface area (Å²) in [5.41, 5.74) is 2.29. The minimum Gasteiger partial charge on any atom is -1.00 e. The summed E-state index contributed by atoms with van der Waals surface area (Å²) in [7, 11) is 0. The zero-order valence-corrected chi connectivity index (χ0v) is 15.4. The van der Waals surface area contributed by atoms with Crippen molar-refractivity contribution in [3.63, 3.8) is 0 Å². The second-order valence-corrected chi connectivity index (χ2v) is 4.72. The van der Waals surface area contributed by atoms with Crippen molar-refractivity contribution < 1.29 is 60.5 Å². The first-order chi connectivity index (χ1) is 8.27. The van der Waals surface area contributed by atoms with E-state index >= 15 is 0 Å². The van der Waals surface area contributed by atoms with Crippen LogP contribution >= 0.6 is 0 Å². The SMILES string of the molecule is Cc1ccccc1[O][Ti+2][O]c1ccccc1C.[Br-].[Br-]. The summed E-state index contributed by atoms with van der Waals surface area (Å²) in [6, 6.07) is 16.0. The van der Waals surface area contributed by atoms with Crippen LogP contribution in [0.1, 0.15) is 11.1 Å². The van der Waals surface area contributed by atoms with E-state index in [-0.39, 0.29) is 34.0 Å². The Bertz CT molecular complexity index is 461. The van der Waals surface area contributed by atoms with E-state index in [0.717, 1.165) is 22.6 Å². The largest absolute Gasteiger partial charge is 1.00 e. The van der Waals surface area contributed by atoms with Gasteiger partial charge in [-0.15, -0.1) is 0 Å². The first kappa shape index (κ1) is 18.7. The normalized spacial score (nSPS) is 8.53. The van der Waals surface area contributed by atoms with Gasteiger partial charge in [-0.1, -0.05) is 0 Å². The molecular formula is C14H14Br2O2Ti. The number of para-hydroxylation sites is 2. The molecule has 0 aliphatic heterocycles. The molecule has 0 aromatic heterocycles. The van der Waals surface area contributed by atoms with Crippen LogP contribution in [0.3, 0.4) is 0 Å². The van der Waals surface area contributed by atoms with Gasteiger partial charge in [0.2, 0.25) is 0 Å². The van der Waals surface area contributed by atoms with Gasteiger partial charge in [0.25, 0.3) is 0 Å². The predicted octanol–water partition coefficient (Wildman–Crippen LogP) is -2.32. The van der Waals surface area contributed by atoms with Gasteiger partial charge in [0, 0.05) is 0 Å². The molecule has 19 heavy (non-hydrogen) atoms. The fourth-order valence-electron chi connectivity index (χ4n) is 1.45. The predicted molar refractivity (Wildman–Crippen MR) is 63.6 cm³/mol. The molecule has 5 heteroatoms. The Morgan fingerprint density at radius 1 is 0.684 bits per heavy atom. The molecule has 0 unspecified atom stereocenters. The fourth-order valence-corrected chi connectivity index (χ4v) is 2.51. The molecule has 0 saturated heterocycles. The van der Waals surface area contributed by atoms with Crippen molar-refractivity contribution in [1.82, 2.24) is 0 Å². The van der Waals surface area contributed by atoms with E-state index in [1.807, 2.05) is 62.4 Å². The van der Waals surface area contributed by atoms with Gasteiger partial charge in [0.05, 0.1) is 0 Å². The molecule has 2 aromatic carbocycles. The maximum atomic E-state index is 5.70. The molecule has 0 N–H and O–H groups in total. The maximum absolute atomic E-state index is 5.70. The van der Waals surface area contributed by atoms with Crippen LogP contribution in [-0.2, 0) is 19.9 Å². The Balaban J connectivity index is 0.00000162. The van der Waals surface area contributed by atoms with Crippen LogP contribution in [0.15, 0.2) is 48.5 Å². The van der Waals surface area contributed by atoms with E-state index in [1.165, 1.54) is 0 Å². The second-order valence-electron chi connectivity index (χ2n) is 3.82. The zero-order chi connectivity index (χ0) is 12.1. The Morgan fingerprint density at radius 2 is 1.05 bits per heavy atom. The van der Waals surface area contributed by atoms with Crippen LogP contribution in [0.2, 0.25) is 0 Å². The molecule has 100 valence electrons. The van der Waals surface area contributed by atoms with Gasteiger partial charge >= 0.3 is 112 Å². The Morgan fingerprint density at radius 3 is 1.42 bits per heavy atom. The third kappa shape index (κ3) is 5.70. The summed E-state index contributed by atoms with van der Waals surface area (Å²) in [5.74, 6) is 1.84. The molecule has 2 nitrogen and oxygen atoms in total. The van der Waals surface area contributed by atoms with Gasteiger partial charge in [-0.3, -0.25) is 0 Å². The van der Waals surface area contributed by atoms with Crippen LogP contribution in [0.25, 0.3) is 0 Å². The van der Waals surface area contributed by atoms with E-state index in [2.05, 4.69) is 0 Å². The van der Waals surface area contributed by atoms with Crippen molar-refractivity contribution in [3.8, 4) is 11.5 Å². The van der Waals surface area contributed by atoms with Gasteiger partial charge < -0.3 is 34.0 Å². The average Bonchev–Trinajstić information content (AvgIpc) is 2.34.